The van der Waals surface area contributed by atoms with Crippen LogP contribution in [0.3, 0.4) is 0 Å². The number of nitrogens with zero attached hydrogens (tertiary/aromatic N) is 3. The highest BCUT2D eigenvalue weighted by Gasteiger charge is 2.42. The number of alkyl halides is 2. The van der Waals surface area contributed by atoms with Crippen molar-refractivity contribution in [3.63, 3.8) is 0 Å². The minimum absolute atomic E-state index is 0.0611. The van der Waals surface area contributed by atoms with Gasteiger partial charge in [-0.1, -0.05) is 13.3 Å². The number of benzene rings is 2. The lowest BCUT2D eigenvalue weighted by Gasteiger charge is -2.49. The number of ether oxygens (including phenoxy) is 4. The van der Waals surface area contributed by atoms with Crippen LogP contribution in [-0.4, -0.2) is 100 Å². The monoisotopic (exact) mass is 661 g/mol. The van der Waals surface area contributed by atoms with Crippen molar-refractivity contribution >= 4 is 29.1 Å². The number of carbonyl (C=O) groups is 1. The van der Waals surface area contributed by atoms with Gasteiger partial charge in [-0.25, -0.2) is 0 Å². The lowest BCUT2D eigenvalue weighted by molar-refractivity contribution is -0.136. The Morgan fingerprint density at radius 3 is 1.96 bits per heavy atom. The van der Waals surface area contributed by atoms with Gasteiger partial charge in [0.1, 0.15) is 0 Å². The molecule has 248 valence electrons. The van der Waals surface area contributed by atoms with E-state index in [1.165, 1.54) is 22.3 Å². The molecule has 1 saturated heterocycles. The first-order chi connectivity index (χ1) is 21.9. The smallest absolute Gasteiger partial charge is 0.237 e. The predicted octanol–water partition coefficient (Wildman–Crippen LogP) is 5.96. The molecule has 0 saturated carbocycles. The minimum atomic E-state index is -0.0611. The van der Waals surface area contributed by atoms with E-state index >= 15 is 0 Å². The second-order valence-electron chi connectivity index (χ2n) is 12.5. The summed E-state index contributed by atoms with van der Waals surface area (Å²) in [4.78, 5) is 20.9. The van der Waals surface area contributed by atoms with E-state index < -0.39 is 0 Å². The summed E-state index contributed by atoms with van der Waals surface area (Å²) < 4.78 is 22.8. The molecular formula is C35H49Cl2N3O5. The zero-order valence-corrected chi connectivity index (χ0v) is 29.0. The Bertz CT molecular complexity index is 1320. The minimum Gasteiger partial charge on any atom is -0.493 e. The van der Waals surface area contributed by atoms with Gasteiger partial charge in [0, 0.05) is 50.5 Å². The van der Waals surface area contributed by atoms with Gasteiger partial charge in [0.05, 0.1) is 41.0 Å². The highest BCUT2D eigenvalue weighted by molar-refractivity contribution is 6.18. The topological polar surface area (TPSA) is 63.7 Å². The van der Waals surface area contributed by atoms with E-state index in [0.717, 1.165) is 62.4 Å². The average Bonchev–Trinajstić information content (AvgIpc) is 3.06. The fourth-order valence-corrected chi connectivity index (χ4v) is 8.39. The first-order valence-electron chi connectivity index (χ1n) is 16.3. The van der Waals surface area contributed by atoms with Crippen LogP contribution in [0.2, 0.25) is 0 Å². The van der Waals surface area contributed by atoms with Crippen LogP contribution < -0.4 is 18.9 Å². The number of methoxy groups -OCH3 is 4. The molecule has 0 N–H and O–H groups in total. The summed E-state index contributed by atoms with van der Waals surface area (Å²) in [6.07, 6.45) is 4.81. The Hall–Kier alpha value is -2.39. The second kappa shape index (κ2) is 15.5. The number of fused-ring (bicyclic) bond motifs is 4. The Morgan fingerprint density at radius 2 is 1.38 bits per heavy atom. The van der Waals surface area contributed by atoms with E-state index in [9.17, 15) is 4.79 Å². The van der Waals surface area contributed by atoms with Gasteiger partial charge in [-0.05, 0) is 84.0 Å². The second-order valence-corrected chi connectivity index (χ2v) is 13.2. The maximum atomic E-state index is 14.1. The number of hydrogen-bond acceptors (Lipinski definition) is 7. The first-order valence-corrected chi connectivity index (χ1v) is 17.3. The zero-order valence-electron chi connectivity index (χ0n) is 27.5. The summed E-state index contributed by atoms with van der Waals surface area (Å²) in [7, 11) is 6.76. The summed E-state index contributed by atoms with van der Waals surface area (Å²) >= 11 is 12.2. The van der Waals surface area contributed by atoms with Gasteiger partial charge in [-0.15, -0.1) is 23.2 Å². The summed E-state index contributed by atoms with van der Waals surface area (Å²) in [5.41, 5.74) is 5.09. The van der Waals surface area contributed by atoms with Crippen LogP contribution in [0.1, 0.15) is 60.5 Å². The van der Waals surface area contributed by atoms with Gasteiger partial charge >= 0.3 is 0 Å². The van der Waals surface area contributed by atoms with Gasteiger partial charge in [0.15, 0.2) is 23.0 Å². The number of rotatable bonds is 13. The molecule has 0 unspecified atom stereocenters. The van der Waals surface area contributed by atoms with Gasteiger partial charge in [-0.2, -0.15) is 0 Å². The van der Waals surface area contributed by atoms with Gasteiger partial charge in [0.2, 0.25) is 5.91 Å². The molecular weight excluding hydrogens is 613 g/mol. The van der Waals surface area contributed by atoms with E-state index in [-0.39, 0.29) is 11.9 Å². The maximum absolute atomic E-state index is 14.1. The molecule has 2 aromatic rings. The highest BCUT2D eigenvalue weighted by Crippen LogP contribution is 2.49. The lowest BCUT2D eigenvalue weighted by Crippen LogP contribution is -2.49. The molecule has 3 aliphatic heterocycles. The number of piperidine rings is 1. The van der Waals surface area contributed by atoms with E-state index in [1.54, 1.807) is 28.4 Å². The Kier molecular flexibility index (Phi) is 11.7. The molecule has 10 heteroatoms. The van der Waals surface area contributed by atoms with Crippen molar-refractivity contribution in [2.24, 2.45) is 11.8 Å². The zero-order chi connectivity index (χ0) is 32.1. The van der Waals surface area contributed by atoms with Crippen molar-refractivity contribution in [3.8, 4) is 23.0 Å². The SMILES string of the molecule is CC[C@H]1CN2CCc3cc(OC)c(OC)cc3[C@@H]2C[C@@H]1C[C@@H]1c2cc(OC)c(OC)cc2CCN1C(=O)CN(CCCl)CCCl. The molecule has 1 amide bonds. The van der Waals surface area contributed by atoms with Crippen molar-refractivity contribution in [2.75, 3.05) is 79.5 Å². The molecule has 8 nitrogen and oxygen atoms in total. The molecule has 0 radical (unpaired) electrons. The molecule has 4 atom stereocenters. The van der Waals surface area contributed by atoms with Crippen molar-refractivity contribution < 1.29 is 23.7 Å². The van der Waals surface area contributed by atoms with E-state index in [1.807, 2.05) is 0 Å². The normalized spacial score (nSPS) is 22.8. The van der Waals surface area contributed by atoms with Crippen molar-refractivity contribution in [1.82, 2.24) is 14.7 Å². The van der Waals surface area contributed by atoms with Gasteiger partial charge in [0.25, 0.3) is 0 Å². The maximum Gasteiger partial charge on any atom is 0.237 e. The van der Waals surface area contributed by atoms with E-state index in [0.29, 0.717) is 61.6 Å². The molecule has 5 rings (SSSR count). The third-order valence-electron chi connectivity index (χ3n) is 10.3. The molecule has 0 spiro atoms. The average molecular weight is 663 g/mol. The van der Waals surface area contributed by atoms with Crippen molar-refractivity contribution in [2.45, 2.75) is 51.1 Å². The Balaban J connectivity index is 1.49. The summed E-state index contributed by atoms with van der Waals surface area (Å²) in [5.74, 6) is 5.02. The molecule has 3 aliphatic rings. The van der Waals surface area contributed by atoms with Crippen LogP contribution in [-0.2, 0) is 17.6 Å². The number of halogens is 2. The molecule has 45 heavy (non-hydrogen) atoms. The van der Waals surface area contributed by atoms with E-state index in [2.05, 4.69) is 45.9 Å². The van der Waals surface area contributed by atoms with Crippen LogP contribution in [0.15, 0.2) is 24.3 Å². The summed E-state index contributed by atoms with van der Waals surface area (Å²) in [6, 6.07) is 8.82. The molecule has 0 bridgehead atoms. The Morgan fingerprint density at radius 1 is 0.822 bits per heavy atom. The summed E-state index contributed by atoms with van der Waals surface area (Å²) in [5, 5.41) is 0. The highest BCUT2D eigenvalue weighted by atomic mass is 35.5. The van der Waals surface area contributed by atoms with Crippen LogP contribution in [0.25, 0.3) is 0 Å². The fraction of sp³-hybridized carbons (Fsp3) is 0.629. The predicted molar refractivity (Wildman–Crippen MR) is 180 cm³/mol. The first kappa shape index (κ1) is 34.0. The molecule has 2 aromatic carbocycles. The lowest BCUT2D eigenvalue weighted by atomic mass is 9.72. The molecule has 1 fully saturated rings. The molecule has 3 heterocycles. The van der Waals surface area contributed by atoms with Crippen LogP contribution >= 0.6 is 23.2 Å². The standard InChI is InChI=1S/C35H49Cl2N3O5/c1-6-23-21-39-11-7-24-17-31(42-2)33(44-4)19-27(24)29(39)15-26(23)16-30-28-20-34(45-5)32(43-3)18-25(28)8-12-40(30)35(41)22-38(13-9-36)14-10-37/h17-20,23,26,29-30H,6-16,21-22H2,1-5H3/t23-,26+,29-,30+/m0/s1. The van der Waals surface area contributed by atoms with Crippen LogP contribution in [0.4, 0.5) is 0 Å². The van der Waals surface area contributed by atoms with Crippen molar-refractivity contribution in [1.29, 1.82) is 0 Å². The van der Waals surface area contributed by atoms with Crippen molar-refractivity contribution in [3.05, 3.63) is 46.5 Å². The van der Waals surface area contributed by atoms with Crippen LogP contribution in [0, 0.1) is 11.8 Å². The van der Waals surface area contributed by atoms with Gasteiger partial charge in [-0.3, -0.25) is 14.6 Å². The quantitative estimate of drug-likeness (QED) is 0.246. The summed E-state index contributed by atoms with van der Waals surface area (Å²) in [6.45, 7) is 6.65. The Labute approximate surface area is 278 Å². The fourth-order valence-electron chi connectivity index (χ4n) is 7.91. The third kappa shape index (κ3) is 7.14. The number of amides is 1. The number of carbonyl (C=O) groups excluding carboxylic acids is 1. The number of hydrogen-bond donors (Lipinski definition) is 0. The van der Waals surface area contributed by atoms with Crippen LogP contribution in [0.5, 0.6) is 23.0 Å². The third-order valence-corrected chi connectivity index (χ3v) is 10.6. The molecule has 0 aromatic heterocycles. The van der Waals surface area contributed by atoms with Gasteiger partial charge < -0.3 is 23.8 Å². The van der Waals surface area contributed by atoms with E-state index in [4.69, 9.17) is 42.1 Å². The molecule has 0 aliphatic carbocycles. The largest absolute Gasteiger partial charge is 0.493 e.